The summed E-state index contributed by atoms with van der Waals surface area (Å²) in [5, 5.41) is 3.31. The Hall–Kier alpha value is -2.46. The third kappa shape index (κ3) is 3.35. The van der Waals surface area contributed by atoms with Crippen molar-refractivity contribution in [1.29, 1.82) is 0 Å². The van der Waals surface area contributed by atoms with E-state index in [1.54, 1.807) is 35.4 Å². The third-order valence-corrected chi connectivity index (χ3v) is 3.30. The highest BCUT2D eigenvalue weighted by Crippen LogP contribution is 2.15. The molecule has 0 radical (unpaired) electrons. The second-order valence-electron chi connectivity index (χ2n) is 4.84. The number of benzene rings is 2. The Morgan fingerprint density at radius 2 is 1.81 bits per heavy atom. The van der Waals surface area contributed by atoms with Crippen LogP contribution < -0.4 is 5.32 Å². The molecule has 3 nitrogen and oxygen atoms in total. The fourth-order valence-corrected chi connectivity index (χ4v) is 2.22. The largest absolute Gasteiger partial charge is 0.309 e. The minimum atomic E-state index is -0.244. The molecule has 0 saturated carbocycles. The number of rotatable bonds is 5. The van der Waals surface area contributed by atoms with Crippen molar-refractivity contribution < 1.29 is 4.39 Å². The van der Waals surface area contributed by atoms with Crippen LogP contribution in [-0.4, -0.2) is 9.55 Å². The van der Waals surface area contributed by atoms with Crippen LogP contribution in [0.5, 0.6) is 0 Å². The summed E-state index contributed by atoms with van der Waals surface area (Å²) in [6.07, 6.45) is 4.95. The van der Waals surface area contributed by atoms with Crippen molar-refractivity contribution in [2.75, 3.05) is 0 Å². The zero-order valence-electron chi connectivity index (χ0n) is 11.5. The van der Waals surface area contributed by atoms with Gasteiger partial charge in [0.15, 0.2) is 0 Å². The van der Waals surface area contributed by atoms with Crippen molar-refractivity contribution in [3.05, 3.63) is 84.2 Å². The first-order chi connectivity index (χ1) is 10.3. The number of hydrogen-bond acceptors (Lipinski definition) is 2. The monoisotopic (exact) mass is 281 g/mol. The van der Waals surface area contributed by atoms with Gasteiger partial charge in [0.1, 0.15) is 5.82 Å². The Balaban J connectivity index is 1.63. The first-order valence-corrected chi connectivity index (χ1v) is 6.84. The molecule has 0 aliphatic heterocycles. The maximum Gasteiger partial charge on any atom is 0.147 e. The van der Waals surface area contributed by atoms with Crippen molar-refractivity contribution in [2.45, 2.75) is 13.1 Å². The van der Waals surface area contributed by atoms with Crippen molar-refractivity contribution >= 4 is 0 Å². The van der Waals surface area contributed by atoms with Crippen LogP contribution in [0, 0.1) is 5.82 Å². The van der Waals surface area contributed by atoms with Gasteiger partial charge in [-0.3, -0.25) is 0 Å². The van der Waals surface area contributed by atoms with Gasteiger partial charge in [-0.25, -0.2) is 9.37 Å². The zero-order chi connectivity index (χ0) is 14.5. The second kappa shape index (κ2) is 6.33. The normalized spacial score (nSPS) is 10.7. The van der Waals surface area contributed by atoms with Gasteiger partial charge >= 0.3 is 0 Å². The molecule has 1 heterocycles. The van der Waals surface area contributed by atoms with E-state index in [1.807, 2.05) is 24.3 Å². The number of aromatic nitrogens is 2. The molecule has 0 saturated heterocycles. The minimum Gasteiger partial charge on any atom is -0.309 e. The van der Waals surface area contributed by atoms with Gasteiger partial charge in [-0.05, 0) is 23.3 Å². The first-order valence-electron chi connectivity index (χ1n) is 6.84. The van der Waals surface area contributed by atoms with E-state index >= 15 is 0 Å². The quantitative estimate of drug-likeness (QED) is 0.777. The highest BCUT2D eigenvalue weighted by Gasteiger charge is 2.05. The van der Waals surface area contributed by atoms with Gasteiger partial charge < -0.3 is 9.88 Å². The lowest BCUT2D eigenvalue weighted by Crippen LogP contribution is -2.13. The van der Waals surface area contributed by atoms with Crippen LogP contribution in [-0.2, 0) is 13.1 Å². The maximum absolute atomic E-state index is 14.1. The van der Waals surface area contributed by atoms with Crippen LogP contribution in [0.2, 0.25) is 0 Å². The molecule has 3 aromatic rings. The molecule has 0 unspecified atom stereocenters. The Labute approximate surface area is 123 Å². The molecule has 0 amide bonds. The lowest BCUT2D eigenvalue weighted by Gasteiger charge is -2.08. The van der Waals surface area contributed by atoms with E-state index in [1.165, 1.54) is 5.56 Å². The lowest BCUT2D eigenvalue weighted by atomic mass is 10.2. The molecule has 0 atom stereocenters. The van der Waals surface area contributed by atoms with Gasteiger partial charge in [-0.2, -0.15) is 0 Å². The predicted octanol–water partition coefficient (Wildman–Crippen LogP) is 3.30. The molecular weight excluding hydrogens is 265 g/mol. The van der Waals surface area contributed by atoms with Crippen molar-refractivity contribution in [1.82, 2.24) is 14.9 Å². The van der Waals surface area contributed by atoms with Gasteiger partial charge in [-0.15, -0.1) is 0 Å². The molecule has 0 aliphatic rings. The van der Waals surface area contributed by atoms with Crippen molar-refractivity contribution in [3.63, 3.8) is 0 Å². The summed E-state index contributed by atoms with van der Waals surface area (Å²) < 4.78 is 15.8. The van der Waals surface area contributed by atoms with E-state index in [-0.39, 0.29) is 5.82 Å². The summed E-state index contributed by atoms with van der Waals surface area (Å²) in [7, 11) is 0. The van der Waals surface area contributed by atoms with Crippen LogP contribution in [0.25, 0.3) is 5.69 Å². The van der Waals surface area contributed by atoms with Gasteiger partial charge in [0.25, 0.3) is 0 Å². The number of nitrogens with zero attached hydrogens (tertiary/aromatic N) is 2. The van der Waals surface area contributed by atoms with Gasteiger partial charge in [-0.1, -0.05) is 36.4 Å². The lowest BCUT2D eigenvalue weighted by molar-refractivity contribution is 0.611. The van der Waals surface area contributed by atoms with Gasteiger partial charge in [0, 0.05) is 25.5 Å². The average molecular weight is 281 g/mol. The molecule has 3 rings (SSSR count). The first kappa shape index (κ1) is 13.5. The summed E-state index contributed by atoms with van der Waals surface area (Å²) in [5.41, 5.74) is 2.65. The van der Waals surface area contributed by atoms with E-state index in [0.717, 1.165) is 12.1 Å². The Morgan fingerprint density at radius 3 is 2.52 bits per heavy atom. The summed E-state index contributed by atoms with van der Waals surface area (Å²) in [4.78, 5) is 3.93. The third-order valence-electron chi connectivity index (χ3n) is 3.30. The summed E-state index contributed by atoms with van der Waals surface area (Å²) >= 11 is 0. The molecular formula is C17H16FN3. The zero-order valence-corrected chi connectivity index (χ0v) is 11.5. The van der Waals surface area contributed by atoms with E-state index in [2.05, 4.69) is 22.4 Å². The Bertz CT molecular complexity index is 693. The van der Waals surface area contributed by atoms with Crippen molar-refractivity contribution in [3.8, 4) is 5.69 Å². The highest BCUT2D eigenvalue weighted by atomic mass is 19.1. The molecule has 106 valence electrons. The molecule has 1 aromatic heterocycles. The van der Waals surface area contributed by atoms with Gasteiger partial charge in [0.2, 0.25) is 0 Å². The molecule has 0 fully saturated rings. The second-order valence-corrected chi connectivity index (χ2v) is 4.84. The van der Waals surface area contributed by atoms with Crippen LogP contribution in [0.15, 0.2) is 67.3 Å². The molecule has 0 spiro atoms. The van der Waals surface area contributed by atoms with E-state index in [4.69, 9.17) is 0 Å². The number of halogens is 1. The molecule has 0 aliphatic carbocycles. The molecule has 2 aromatic carbocycles. The smallest absolute Gasteiger partial charge is 0.147 e. The molecule has 4 heteroatoms. The van der Waals surface area contributed by atoms with E-state index < -0.39 is 0 Å². The number of hydrogen-bond donors (Lipinski definition) is 1. The van der Waals surface area contributed by atoms with Crippen molar-refractivity contribution in [2.24, 2.45) is 0 Å². The maximum atomic E-state index is 14.1. The standard InChI is InChI=1S/C17H16FN3/c18-16-10-15(6-7-17(16)21-9-8-19-13-21)12-20-11-14-4-2-1-3-5-14/h1-10,13,20H,11-12H2. The van der Waals surface area contributed by atoms with Crippen LogP contribution in [0.1, 0.15) is 11.1 Å². The molecule has 1 N–H and O–H groups in total. The SMILES string of the molecule is Fc1cc(CNCc2ccccc2)ccc1-n1ccnc1. The Morgan fingerprint density at radius 1 is 1.00 bits per heavy atom. The molecule has 21 heavy (non-hydrogen) atoms. The summed E-state index contributed by atoms with van der Waals surface area (Å²) in [5.74, 6) is -0.244. The van der Waals surface area contributed by atoms with E-state index in [0.29, 0.717) is 12.2 Å². The average Bonchev–Trinajstić information content (AvgIpc) is 3.02. The van der Waals surface area contributed by atoms with Crippen LogP contribution >= 0.6 is 0 Å². The number of imidazole rings is 1. The topological polar surface area (TPSA) is 29.9 Å². The van der Waals surface area contributed by atoms with Crippen LogP contribution in [0.3, 0.4) is 0 Å². The Kier molecular flexibility index (Phi) is 4.07. The predicted molar refractivity (Wildman–Crippen MR) is 80.5 cm³/mol. The van der Waals surface area contributed by atoms with Crippen LogP contribution in [0.4, 0.5) is 4.39 Å². The number of nitrogens with one attached hydrogen (secondary N) is 1. The summed E-state index contributed by atoms with van der Waals surface area (Å²) in [6, 6.07) is 15.4. The fourth-order valence-electron chi connectivity index (χ4n) is 2.22. The van der Waals surface area contributed by atoms with Gasteiger partial charge in [0.05, 0.1) is 12.0 Å². The fraction of sp³-hybridized carbons (Fsp3) is 0.118. The minimum absolute atomic E-state index is 0.244. The van der Waals surface area contributed by atoms with E-state index in [9.17, 15) is 4.39 Å². The highest BCUT2D eigenvalue weighted by molar-refractivity contribution is 5.36. The summed E-state index contributed by atoms with van der Waals surface area (Å²) in [6.45, 7) is 1.40. The molecule has 0 bridgehead atoms.